The Morgan fingerprint density at radius 2 is 1.80 bits per heavy atom. The van der Waals surface area contributed by atoms with Crippen molar-refractivity contribution in [2.45, 2.75) is 13.0 Å². The van der Waals surface area contributed by atoms with Crippen molar-refractivity contribution in [1.29, 1.82) is 0 Å². The first-order chi connectivity index (χ1) is 14.3. The molecule has 3 amide bonds. The van der Waals surface area contributed by atoms with Crippen LogP contribution in [0.1, 0.15) is 16.6 Å². The summed E-state index contributed by atoms with van der Waals surface area (Å²) >= 11 is 7.46. The van der Waals surface area contributed by atoms with E-state index < -0.39 is 29.6 Å². The Hall–Kier alpha value is -3.17. The third-order valence-corrected chi connectivity index (χ3v) is 5.65. The summed E-state index contributed by atoms with van der Waals surface area (Å²) in [5, 5.41) is 3.55. The minimum atomic E-state index is -0.942. The van der Waals surface area contributed by atoms with Crippen LogP contribution < -0.4 is 20.9 Å². The first-order valence-corrected chi connectivity index (χ1v) is 10.0. The number of carbonyl (C=O) groups excluding carboxylic acids is 3. The molecule has 1 unspecified atom stereocenters. The highest BCUT2D eigenvalue weighted by Crippen LogP contribution is 2.34. The maximum absolute atomic E-state index is 12.9. The molecule has 1 heterocycles. The van der Waals surface area contributed by atoms with Gasteiger partial charge in [0.15, 0.2) is 6.10 Å². The molecule has 0 aliphatic rings. The minimum Gasteiger partial charge on any atom is -0.481 e. The molecule has 156 valence electrons. The van der Waals surface area contributed by atoms with E-state index in [1.807, 2.05) is 24.3 Å². The number of hydrazine groups is 1. The number of amides is 3. The highest BCUT2D eigenvalue weighted by molar-refractivity contribution is 7.21. The van der Waals surface area contributed by atoms with Crippen molar-refractivity contribution in [2.75, 3.05) is 6.54 Å². The fourth-order valence-electron chi connectivity index (χ4n) is 2.45. The van der Waals surface area contributed by atoms with Crippen LogP contribution in [0.5, 0.6) is 5.75 Å². The largest absolute Gasteiger partial charge is 0.481 e. The van der Waals surface area contributed by atoms with Crippen molar-refractivity contribution >= 4 is 50.7 Å². The van der Waals surface area contributed by atoms with Gasteiger partial charge in [0, 0.05) is 10.1 Å². The third kappa shape index (κ3) is 5.25. The molecular weight excluding hydrogens is 433 g/mol. The van der Waals surface area contributed by atoms with Gasteiger partial charge in [0.2, 0.25) is 0 Å². The van der Waals surface area contributed by atoms with Gasteiger partial charge in [-0.25, -0.2) is 4.39 Å². The number of fused-ring (bicyclic) bond motifs is 1. The Bertz CT molecular complexity index is 1090. The molecule has 30 heavy (non-hydrogen) atoms. The molecule has 0 aliphatic carbocycles. The van der Waals surface area contributed by atoms with E-state index in [2.05, 4.69) is 16.2 Å². The van der Waals surface area contributed by atoms with Crippen molar-refractivity contribution in [1.82, 2.24) is 16.2 Å². The lowest BCUT2D eigenvalue weighted by Gasteiger charge is -2.15. The monoisotopic (exact) mass is 449 g/mol. The van der Waals surface area contributed by atoms with E-state index in [1.165, 1.54) is 42.5 Å². The van der Waals surface area contributed by atoms with Crippen molar-refractivity contribution in [2.24, 2.45) is 0 Å². The summed E-state index contributed by atoms with van der Waals surface area (Å²) in [6.45, 7) is 1.10. The molecule has 0 fully saturated rings. The number of nitrogens with one attached hydrogen (secondary N) is 3. The van der Waals surface area contributed by atoms with E-state index in [9.17, 15) is 18.8 Å². The fraction of sp³-hybridized carbons (Fsp3) is 0.150. The zero-order valence-electron chi connectivity index (χ0n) is 15.7. The zero-order chi connectivity index (χ0) is 21.7. The number of hydrogen-bond donors (Lipinski definition) is 3. The normalized spacial score (nSPS) is 11.6. The third-order valence-electron chi connectivity index (χ3n) is 3.97. The van der Waals surface area contributed by atoms with Crippen LogP contribution in [0, 0.1) is 5.82 Å². The van der Waals surface area contributed by atoms with Crippen LogP contribution in [0.2, 0.25) is 5.02 Å². The van der Waals surface area contributed by atoms with Crippen LogP contribution in [-0.2, 0) is 9.59 Å². The average Bonchev–Trinajstić information content (AvgIpc) is 3.08. The van der Waals surface area contributed by atoms with Gasteiger partial charge in [-0.2, -0.15) is 0 Å². The molecule has 3 aromatic rings. The van der Waals surface area contributed by atoms with Gasteiger partial charge in [-0.15, -0.1) is 11.3 Å². The van der Waals surface area contributed by atoms with Gasteiger partial charge in [-0.3, -0.25) is 25.2 Å². The van der Waals surface area contributed by atoms with E-state index in [4.69, 9.17) is 16.3 Å². The molecule has 0 aliphatic heterocycles. The molecule has 0 saturated heterocycles. The lowest BCUT2D eigenvalue weighted by Crippen LogP contribution is -2.50. The Labute approximate surface area is 180 Å². The maximum Gasteiger partial charge on any atom is 0.279 e. The first-order valence-electron chi connectivity index (χ1n) is 8.81. The number of ether oxygens (including phenoxy) is 1. The lowest BCUT2D eigenvalue weighted by molar-refractivity contribution is -0.132. The van der Waals surface area contributed by atoms with Crippen LogP contribution in [0.4, 0.5) is 4.39 Å². The standard InChI is InChI=1S/C20H17ClFN3O4S/c1-11(29-13-8-6-12(22)7-9-13)19(27)25-24-16(26)10-23-20(28)18-17(21)14-4-2-3-5-15(14)30-18/h2-9,11H,10H2,1H3,(H,23,28)(H,24,26)(H,25,27). The second kappa shape index (κ2) is 9.55. The van der Waals surface area contributed by atoms with Crippen molar-refractivity contribution < 1.29 is 23.5 Å². The van der Waals surface area contributed by atoms with E-state index >= 15 is 0 Å². The highest BCUT2D eigenvalue weighted by atomic mass is 35.5. The molecule has 1 atom stereocenters. The Morgan fingerprint density at radius 3 is 2.50 bits per heavy atom. The molecular formula is C20H17ClFN3O4S. The summed E-state index contributed by atoms with van der Waals surface area (Å²) in [6.07, 6.45) is -0.942. The van der Waals surface area contributed by atoms with Crippen molar-refractivity contribution in [3.8, 4) is 5.75 Å². The van der Waals surface area contributed by atoms with Gasteiger partial charge in [0.25, 0.3) is 17.7 Å². The quantitative estimate of drug-likeness (QED) is 0.504. The molecule has 2 aromatic carbocycles. The van der Waals surface area contributed by atoms with Gasteiger partial charge in [-0.1, -0.05) is 29.8 Å². The molecule has 7 nitrogen and oxygen atoms in total. The van der Waals surface area contributed by atoms with Gasteiger partial charge < -0.3 is 10.1 Å². The molecule has 0 radical (unpaired) electrons. The number of benzene rings is 2. The van der Waals surface area contributed by atoms with Gasteiger partial charge in [0.05, 0.1) is 11.6 Å². The van der Waals surface area contributed by atoms with Gasteiger partial charge in [-0.05, 0) is 37.3 Å². The van der Waals surface area contributed by atoms with E-state index in [1.54, 1.807) is 0 Å². The minimum absolute atomic E-state index is 0.302. The topological polar surface area (TPSA) is 96.5 Å². The molecule has 3 N–H and O–H groups in total. The zero-order valence-corrected chi connectivity index (χ0v) is 17.3. The van der Waals surface area contributed by atoms with Crippen LogP contribution in [0.25, 0.3) is 10.1 Å². The maximum atomic E-state index is 12.9. The molecule has 0 bridgehead atoms. The summed E-state index contributed by atoms with van der Waals surface area (Å²) in [6, 6.07) is 12.5. The summed E-state index contributed by atoms with van der Waals surface area (Å²) < 4.78 is 19.1. The number of carbonyl (C=O) groups is 3. The van der Waals surface area contributed by atoms with Gasteiger partial charge >= 0.3 is 0 Å². The predicted octanol–water partition coefficient (Wildman–Crippen LogP) is 3.04. The summed E-state index contributed by atoms with van der Waals surface area (Å²) in [5.74, 6) is -1.87. The predicted molar refractivity (Wildman–Crippen MR) is 112 cm³/mol. The second-order valence-electron chi connectivity index (χ2n) is 6.18. The molecule has 3 rings (SSSR count). The Morgan fingerprint density at radius 1 is 1.10 bits per heavy atom. The molecule has 10 heteroatoms. The summed E-state index contributed by atoms with van der Waals surface area (Å²) in [7, 11) is 0. The summed E-state index contributed by atoms with van der Waals surface area (Å²) in [4.78, 5) is 36.5. The Balaban J connectivity index is 1.45. The van der Waals surface area contributed by atoms with Crippen LogP contribution >= 0.6 is 22.9 Å². The number of thiophene rings is 1. The molecule has 0 spiro atoms. The highest BCUT2D eigenvalue weighted by Gasteiger charge is 2.18. The van der Waals surface area contributed by atoms with Crippen LogP contribution in [0.3, 0.4) is 0 Å². The fourth-order valence-corrected chi connectivity index (χ4v) is 3.88. The first kappa shape index (κ1) is 21.5. The van der Waals surface area contributed by atoms with E-state index in [-0.39, 0.29) is 6.54 Å². The van der Waals surface area contributed by atoms with Crippen molar-refractivity contribution in [3.63, 3.8) is 0 Å². The number of rotatable bonds is 6. The Kier molecular flexibility index (Phi) is 6.86. The van der Waals surface area contributed by atoms with Crippen LogP contribution in [0.15, 0.2) is 48.5 Å². The van der Waals surface area contributed by atoms with Crippen molar-refractivity contribution in [3.05, 3.63) is 64.2 Å². The van der Waals surface area contributed by atoms with E-state index in [0.29, 0.717) is 15.6 Å². The second-order valence-corrected chi connectivity index (χ2v) is 7.61. The van der Waals surface area contributed by atoms with E-state index in [0.717, 1.165) is 10.1 Å². The van der Waals surface area contributed by atoms with Crippen LogP contribution in [-0.4, -0.2) is 30.4 Å². The molecule has 1 aromatic heterocycles. The number of hydrogen-bond acceptors (Lipinski definition) is 5. The average molecular weight is 450 g/mol. The van der Waals surface area contributed by atoms with Gasteiger partial charge in [0.1, 0.15) is 16.4 Å². The lowest BCUT2D eigenvalue weighted by atomic mass is 10.2. The smallest absolute Gasteiger partial charge is 0.279 e. The molecule has 0 saturated carbocycles. The SMILES string of the molecule is CC(Oc1ccc(F)cc1)C(=O)NNC(=O)CNC(=O)c1sc2ccccc2c1Cl. The number of halogens is 2. The summed E-state index contributed by atoms with van der Waals surface area (Å²) in [5.41, 5.74) is 4.38.